The minimum absolute atomic E-state index is 0.0352. The highest BCUT2D eigenvalue weighted by Gasteiger charge is 2.24. The lowest BCUT2D eigenvalue weighted by atomic mass is 10.1. The monoisotopic (exact) mass is 392 g/mol. The van der Waals surface area contributed by atoms with Crippen LogP contribution in [-0.4, -0.2) is 42.3 Å². The SMILES string of the molecule is COc1cccc(-c2cc(CN(C[C@H]3CCCO3)C(=O)c3ccccc3)no2)c1. The van der Waals surface area contributed by atoms with E-state index in [1.807, 2.05) is 60.7 Å². The van der Waals surface area contributed by atoms with Gasteiger partial charge in [0.2, 0.25) is 0 Å². The molecular weight excluding hydrogens is 368 g/mol. The van der Waals surface area contributed by atoms with E-state index < -0.39 is 0 Å². The summed E-state index contributed by atoms with van der Waals surface area (Å²) >= 11 is 0. The van der Waals surface area contributed by atoms with E-state index >= 15 is 0 Å². The van der Waals surface area contributed by atoms with Crippen LogP contribution in [0.5, 0.6) is 5.75 Å². The van der Waals surface area contributed by atoms with E-state index in [1.54, 1.807) is 12.0 Å². The molecule has 0 aliphatic carbocycles. The Morgan fingerprint density at radius 3 is 2.79 bits per heavy atom. The van der Waals surface area contributed by atoms with Gasteiger partial charge in [0.05, 0.1) is 19.8 Å². The summed E-state index contributed by atoms with van der Waals surface area (Å²) in [6.45, 7) is 1.65. The lowest BCUT2D eigenvalue weighted by Gasteiger charge is -2.24. The van der Waals surface area contributed by atoms with Crippen LogP contribution in [0.4, 0.5) is 0 Å². The summed E-state index contributed by atoms with van der Waals surface area (Å²) in [5.74, 6) is 1.36. The summed E-state index contributed by atoms with van der Waals surface area (Å²) < 4.78 is 16.6. The Morgan fingerprint density at radius 2 is 2.03 bits per heavy atom. The van der Waals surface area contributed by atoms with Crippen molar-refractivity contribution in [2.24, 2.45) is 0 Å². The summed E-state index contributed by atoms with van der Waals surface area (Å²) in [5.41, 5.74) is 2.23. The molecule has 2 heterocycles. The summed E-state index contributed by atoms with van der Waals surface area (Å²) in [5, 5.41) is 4.19. The van der Waals surface area contributed by atoms with Crippen LogP contribution in [0.3, 0.4) is 0 Å². The number of hydrogen-bond acceptors (Lipinski definition) is 5. The number of benzene rings is 2. The second-order valence-corrected chi connectivity index (χ2v) is 7.10. The number of aromatic nitrogens is 1. The van der Waals surface area contributed by atoms with Crippen LogP contribution in [0.15, 0.2) is 65.2 Å². The van der Waals surface area contributed by atoms with E-state index in [2.05, 4.69) is 5.16 Å². The molecule has 1 fully saturated rings. The largest absolute Gasteiger partial charge is 0.497 e. The Kier molecular flexibility index (Phi) is 5.91. The van der Waals surface area contributed by atoms with Crippen molar-refractivity contribution in [2.75, 3.05) is 20.3 Å². The maximum Gasteiger partial charge on any atom is 0.254 e. The minimum Gasteiger partial charge on any atom is -0.497 e. The quantitative estimate of drug-likeness (QED) is 0.604. The summed E-state index contributed by atoms with van der Waals surface area (Å²) in [4.78, 5) is 14.9. The first-order valence-electron chi connectivity index (χ1n) is 9.79. The molecule has 150 valence electrons. The zero-order chi connectivity index (χ0) is 20.1. The van der Waals surface area contributed by atoms with E-state index in [0.29, 0.717) is 30.1 Å². The highest BCUT2D eigenvalue weighted by Crippen LogP contribution is 2.25. The zero-order valence-electron chi connectivity index (χ0n) is 16.4. The predicted octanol–water partition coefficient (Wildman–Crippen LogP) is 4.17. The molecule has 0 spiro atoms. The Morgan fingerprint density at radius 1 is 1.17 bits per heavy atom. The van der Waals surface area contributed by atoms with Crippen LogP contribution >= 0.6 is 0 Å². The second kappa shape index (κ2) is 8.92. The Labute approximate surface area is 170 Å². The molecule has 1 atom stereocenters. The van der Waals surface area contributed by atoms with Gasteiger partial charge in [-0.1, -0.05) is 35.5 Å². The molecule has 1 aliphatic rings. The number of ether oxygens (including phenoxy) is 2. The fourth-order valence-corrected chi connectivity index (χ4v) is 3.51. The van der Waals surface area contributed by atoms with Gasteiger partial charge in [0.1, 0.15) is 11.4 Å². The van der Waals surface area contributed by atoms with Crippen LogP contribution in [0.2, 0.25) is 0 Å². The first-order valence-corrected chi connectivity index (χ1v) is 9.79. The molecule has 1 aliphatic heterocycles. The van der Waals surface area contributed by atoms with Gasteiger partial charge in [0.25, 0.3) is 5.91 Å². The molecule has 2 aromatic carbocycles. The van der Waals surface area contributed by atoms with Crippen molar-refractivity contribution in [1.82, 2.24) is 10.1 Å². The Bertz CT molecular complexity index is 948. The van der Waals surface area contributed by atoms with Crippen LogP contribution < -0.4 is 4.74 Å². The third-order valence-electron chi connectivity index (χ3n) is 5.02. The summed E-state index contributed by atoms with van der Waals surface area (Å²) in [7, 11) is 1.63. The highest BCUT2D eigenvalue weighted by molar-refractivity contribution is 5.94. The van der Waals surface area contributed by atoms with Gasteiger partial charge in [0.15, 0.2) is 5.76 Å². The number of nitrogens with zero attached hydrogens (tertiary/aromatic N) is 2. The van der Waals surface area contributed by atoms with Gasteiger partial charge in [-0.2, -0.15) is 0 Å². The molecule has 6 nitrogen and oxygen atoms in total. The van der Waals surface area contributed by atoms with Crippen molar-refractivity contribution < 1.29 is 18.8 Å². The van der Waals surface area contributed by atoms with Crippen molar-refractivity contribution in [3.8, 4) is 17.1 Å². The number of carbonyl (C=O) groups is 1. The van der Waals surface area contributed by atoms with Crippen LogP contribution in [0.1, 0.15) is 28.9 Å². The normalized spacial score (nSPS) is 16.0. The molecule has 0 bridgehead atoms. The molecule has 0 radical (unpaired) electrons. The zero-order valence-corrected chi connectivity index (χ0v) is 16.4. The van der Waals surface area contributed by atoms with Crippen LogP contribution in [-0.2, 0) is 11.3 Å². The fraction of sp³-hybridized carbons (Fsp3) is 0.304. The fourth-order valence-electron chi connectivity index (χ4n) is 3.51. The van der Waals surface area contributed by atoms with Crippen LogP contribution in [0.25, 0.3) is 11.3 Å². The number of amides is 1. The Balaban J connectivity index is 1.54. The second-order valence-electron chi connectivity index (χ2n) is 7.10. The van der Waals surface area contributed by atoms with Crippen LogP contribution in [0, 0.1) is 0 Å². The summed E-state index contributed by atoms with van der Waals surface area (Å²) in [6.07, 6.45) is 2.06. The van der Waals surface area contributed by atoms with Gasteiger partial charge >= 0.3 is 0 Å². The van der Waals surface area contributed by atoms with Crippen molar-refractivity contribution >= 4 is 5.91 Å². The van der Waals surface area contributed by atoms with E-state index in [0.717, 1.165) is 30.8 Å². The molecule has 6 heteroatoms. The van der Waals surface area contributed by atoms with Gasteiger partial charge in [-0.05, 0) is 37.1 Å². The minimum atomic E-state index is -0.0352. The van der Waals surface area contributed by atoms with Gasteiger partial charge in [0, 0.05) is 30.3 Å². The van der Waals surface area contributed by atoms with Gasteiger partial charge in [-0.3, -0.25) is 4.79 Å². The van der Waals surface area contributed by atoms with Crippen molar-refractivity contribution in [3.63, 3.8) is 0 Å². The first kappa shape index (κ1) is 19.2. The molecule has 0 saturated carbocycles. The standard InChI is InChI=1S/C23H24N2O4/c1-27-20-10-5-9-18(13-20)22-14-19(24-29-22)15-25(16-21-11-6-12-28-21)23(26)17-7-3-2-4-8-17/h2-5,7-10,13-14,21H,6,11-12,15-16H2,1H3/t21-/m1/s1. The number of methoxy groups -OCH3 is 1. The predicted molar refractivity (Wildman–Crippen MR) is 109 cm³/mol. The molecule has 0 N–H and O–H groups in total. The molecular formula is C23H24N2O4. The highest BCUT2D eigenvalue weighted by atomic mass is 16.5. The Hall–Kier alpha value is -3.12. The van der Waals surface area contributed by atoms with E-state index in [-0.39, 0.29) is 12.0 Å². The number of hydrogen-bond donors (Lipinski definition) is 0. The molecule has 3 aromatic rings. The maximum absolute atomic E-state index is 13.1. The van der Waals surface area contributed by atoms with Gasteiger partial charge < -0.3 is 18.9 Å². The van der Waals surface area contributed by atoms with Crippen molar-refractivity contribution in [3.05, 3.63) is 71.9 Å². The maximum atomic E-state index is 13.1. The molecule has 29 heavy (non-hydrogen) atoms. The van der Waals surface area contributed by atoms with Crippen molar-refractivity contribution in [2.45, 2.75) is 25.5 Å². The molecule has 1 aromatic heterocycles. The molecule has 4 rings (SSSR count). The topological polar surface area (TPSA) is 64.8 Å². The number of carbonyl (C=O) groups excluding carboxylic acids is 1. The third-order valence-corrected chi connectivity index (χ3v) is 5.02. The van der Waals surface area contributed by atoms with Gasteiger partial charge in [-0.15, -0.1) is 0 Å². The molecule has 1 amide bonds. The lowest BCUT2D eigenvalue weighted by molar-refractivity contribution is 0.0502. The molecule has 1 saturated heterocycles. The average molecular weight is 392 g/mol. The third kappa shape index (κ3) is 4.66. The van der Waals surface area contributed by atoms with E-state index in [9.17, 15) is 4.79 Å². The van der Waals surface area contributed by atoms with Crippen molar-refractivity contribution in [1.29, 1.82) is 0 Å². The van der Waals surface area contributed by atoms with E-state index in [4.69, 9.17) is 14.0 Å². The van der Waals surface area contributed by atoms with Gasteiger partial charge in [-0.25, -0.2) is 0 Å². The van der Waals surface area contributed by atoms with E-state index in [1.165, 1.54) is 0 Å². The number of rotatable bonds is 7. The first-order chi connectivity index (χ1) is 14.2. The molecule has 0 unspecified atom stereocenters. The lowest BCUT2D eigenvalue weighted by Crippen LogP contribution is -2.37. The summed E-state index contributed by atoms with van der Waals surface area (Å²) in [6, 6.07) is 18.8. The smallest absolute Gasteiger partial charge is 0.254 e. The average Bonchev–Trinajstić information content (AvgIpc) is 3.46.